The van der Waals surface area contributed by atoms with Gasteiger partial charge in [-0.05, 0) is 49.6 Å². The van der Waals surface area contributed by atoms with Gasteiger partial charge in [-0.2, -0.15) is 0 Å². The van der Waals surface area contributed by atoms with Crippen LogP contribution in [0.5, 0.6) is 0 Å². The molecule has 2 amide bonds. The van der Waals surface area contributed by atoms with Crippen molar-refractivity contribution in [2.24, 2.45) is 0 Å². The van der Waals surface area contributed by atoms with Gasteiger partial charge in [0.1, 0.15) is 5.82 Å². The lowest BCUT2D eigenvalue weighted by Gasteiger charge is -2.31. The first-order chi connectivity index (χ1) is 14.0. The van der Waals surface area contributed by atoms with Crippen LogP contribution in [-0.2, 0) is 5.54 Å². The number of hydrogen-bond acceptors (Lipinski definition) is 2. The van der Waals surface area contributed by atoms with Gasteiger partial charge in [0.25, 0.3) is 0 Å². The summed E-state index contributed by atoms with van der Waals surface area (Å²) >= 11 is 0. The number of nitrogens with zero attached hydrogens (tertiary/aromatic N) is 1. The molecule has 1 saturated carbocycles. The third-order valence-corrected chi connectivity index (χ3v) is 5.56. The molecule has 1 aromatic heterocycles. The van der Waals surface area contributed by atoms with Gasteiger partial charge in [0, 0.05) is 11.9 Å². The molecule has 2 aromatic carbocycles. The van der Waals surface area contributed by atoms with Crippen LogP contribution >= 0.6 is 0 Å². The van der Waals surface area contributed by atoms with E-state index in [9.17, 15) is 14.0 Å². The van der Waals surface area contributed by atoms with E-state index in [4.69, 9.17) is 0 Å². The number of rotatable bonds is 4. The Hall–Kier alpha value is -3.35. The standard InChI is InChI=1S/C22H23FN4O2/c1-15-14-24-21(29)27(15)19-7-3-2-6-18(19)25-20(28)26-22(12-4-5-13-22)16-8-10-17(23)11-9-16/h2-3,6-11,14H,4-5,12-13H2,1H3,(H,24,29)(H2,25,26,28). The Morgan fingerprint density at radius 1 is 1.10 bits per heavy atom. The van der Waals surface area contributed by atoms with Gasteiger partial charge < -0.3 is 15.6 Å². The number of aromatic amines is 1. The lowest BCUT2D eigenvalue weighted by atomic mass is 9.88. The normalized spacial score (nSPS) is 15.2. The highest BCUT2D eigenvalue weighted by atomic mass is 19.1. The van der Waals surface area contributed by atoms with Crippen molar-refractivity contribution >= 4 is 11.7 Å². The number of benzene rings is 2. The molecular weight excluding hydrogens is 371 g/mol. The second kappa shape index (κ2) is 7.58. The van der Waals surface area contributed by atoms with Gasteiger partial charge in [0.05, 0.1) is 16.9 Å². The van der Waals surface area contributed by atoms with E-state index in [1.807, 2.05) is 13.0 Å². The van der Waals surface area contributed by atoms with Crippen LogP contribution in [0.15, 0.2) is 59.5 Å². The summed E-state index contributed by atoms with van der Waals surface area (Å²) in [6.45, 7) is 1.82. The number of anilines is 1. The monoisotopic (exact) mass is 394 g/mol. The van der Waals surface area contributed by atoms with E-state index in [1.165, 1.54) is 16.7 Å². The fourth-order valence-corrected chi connectivity index (χ4v) is 4.13. The fourth-order valence-electron chi connectivity index (χ4n) is 4.13. The lowest BCUT2D eigenvalue weighted by Crippen LogP contribution is -2.46. The van der Waals surface area contributed by atoms with Crippen LogP contribution in [0, 0.1) is 12.7 Å². The van der Waals surface area contributed by atoms with E-state index in [0.717, 1.165) is 36.9 Å². The number of aromatic nitrogens is 2. The summed E-state index contributed by atoms with van der Waals surface area (Å²) in [5.41, 5.74) is 1.97. The first-order valence-corrected chi connectivity index (χ1v) is 9.70. The van der Waals surface area contributed by atoms with Crippen LogP contribution in [0.2, 0.25) is 0 Å². The van der Waals surface area contributed by atoms with Crippen LogP contribution < -0.4 is 16.3 Å². The molecule has 0 saturated heterocycles. The van der Waals surface area contributed by atoms with Gasteiger partial charge in [-0.15, -0.1) is 0 Å². The Bertz CT molecular complexity index is 1080. The Balaban J connectivity index is 1.60. The van der Waals surface area contributed by atoms with Crippen molar-refractivity contribution in [3.05, 3.63) is 82.3 Å². The van der Waals surface area contributed by atoms with E-state index in [1.54, 1.807) is 36.5 Å². The molecule has 0 aliphatic heterocycles. The molecule has 0 bridgehead atoms. The van der Waals surface area contributed by atoms with E-state index < -0.39 is 5.54 Å². The molecule has 1 aliphatic carbocycles. The number of amides is 2. The molecule has 1 heterocycles. The number of H-pyrrole nitrogens is 1. The Kier molecular flexibility index (Phi) is 4.96. The minimum Gasteiger partial charge on any atom is -0.328 e. The van der Waals surface area contributed by atoms with Gasteiger partial charge in [-0.3, -0.25) is 4.57 Å². The summed E-state index contributed by atoms with van der Waals surface area (Å²) in [5.74, 6) is -0.299. The summed E-state index contributed by atoms with van der Waals surface area (Å²) in [6.07, 6.45) is 5.20. The van der Waals surface area contributed by atoms with Crippen molar-refractivity contribution in [1.82, 2.24) is 14.9 Å². The predicted molar refractivity (Wildman–Crippen MR) is 110 cm³/mol. The first kappa shape index (κ1) is 19.0. The van der Waals surface area contributed by atoms with Gasteiger partial charge in [0.2, 0.25) is 0 Å². The van der Waals surface area contributed by atoms with Crippen molar-refractivity contribution in [2.75, 3.05) is 5.32 Å². The van der Waals surface area contributed by atoms with Crippen LogP contribution in [-0.4, -0.2) is 15.6 Å². The molecule has 6 nitrogen and oxygen atoms in total. The number of urea groups is 1. The SMILES string of the molecule is Cc1c[nH]c(=O)n1-c1ccccc1NC(=O)NC1(c2ccc(F)cc2)CCCC1. The van der Waals surface area contributed by atoms with Crippen molar-refractivity contribution in [3.8, 4) is 5.69 Å². The van der Waals surface area contributed by atoms with E-state index in [2.05, 4.69) is 15.6 Å². The quantitative estimate of drug-likeness (QED) is 0.620. The number of aryl methyl sites for hydroxylation is 1. The van der Waals surface area contributed by atoms with E-state index in [-0.39, 0.29) is 17.5 Å². The smallest absolute Gasteiger partial charge is 0.328 e. The zero-order chi connectivity index (χ0) is 20.4. The molecule has 7 heteroatoms. The zero-order valence-electron chi connectivity index (χ0n) is 16.2. The zero-order valence-corrected chi connectivity index (χ0v) is 16.2. The number of carbonyl (C=O) groups is 1. The maximum atomic E-state index is 13.4. The second-order valence-corrected chi connectivity index (χ2v) is 7.46. The molecule has 3 aromatic rings. The van der Waals surface area contributed by atoms with Crippen molar-refractivity contribution in [2.45, 2.75) is 38.1 Å². The Morgan fingerprint density at radius 2 is 1.79 bits per heavy atom. The molecular formula is C22H23FN4O2. The minimum atomic E-state index is -0.520. The summed E-state index contributed by atoms with van der Waals surface area (Å²) in [5, 5.41) is 6.00. The molecule has 1 aliphatic rings. The van der Waals surface area contributed by atoms with Crippen molar-refractivity contribution < 1.29 is 9.18 Å². The molecule has 4 rings (SSSR count). The van der Waals surface area contributed by atoms with E-state index >= 15 is 0 Å². The predicted octanol–water partition coefficient (Wildman–Crippen LogP) is 4.20. The van der Waals surface area contributed by atoms with Crippen LogP contribution in [0.1, 0.15) is 36.9 Å². The van der Waals surface area contributed by atoms with Crippen molar-refractivity contribution in [1.29, 1.82) is 0 Å². The third kappa shape index (κ3) is 3.68. The van der Waals surface area contributed by atoms with E-state index in [0.29, 0.717) is 11.4 Å². The molecule has 0 atom stereocenters. The largest absolute Gasteiger partial charge is 0.330 e. The van der Waals surface area contributed by atoms with Gasteiger partial charge >= 0.3 is 11.7 Å². The maximum Gasteiger partial charge on any atom is 0.330 e. The number of nitrogens with one attached hydrogen (secondary N) is 3. The molecule has 0 unspecified atom stereocenters. The second-order valence-electron chi connectivity index (χ2n) is 7.46. The summed E-state index contributed by atoms with van der Waals surface area (Å²) in [7, 11) is 0. The summed E-state index contributed by atoms with van der Waals surface area (Å²) in [6, 6.07) is 13.1. The molecule has 3 N–H and O–H groups in total. The number of hydrogen-bond donors (Lipinski definition) is 3. The maximum absolute atomic E-state index is 13.4. The van der Waals surface area contributed by atoms with Gasteiger partial charge in [-0.25, -0.2) is 14.0 Å². The number of halogens is 1. The molecule has 0 spiro atoms. The number of carbonyl (C=O) groups excluding carboxylic acids is 1. The minimum absolute atomic E-state index is 0.268. The summed E-state index contributed by atoms with van der Waals surface area (Å²) in [4.78, 5) is 27.7. The van der Waals surface area contributed by atoms with Crippen molar-refractivity contribution in [3.63, 3.8) is 0 Å². The lowest BCUT2D eigenvalue weighted by molar-refractivity contribution is 0.236. The van der Waals surface area contributed by atoms with Gasteiger partial charge in [0.15, 0.2) is 0 Å². The molecule has 150 valence electrons. The molecule has 29 heavy (non-hydrogen) atoms. The topological polar surface area (TPSA) is 78.9 Å². The Morgan fingerprint density at radius 3 is 2.45 bits per heavy atom. The number of para-hydroxylation sites is 2. The highest BCUT2D eigenvalue weighted by molar-refractivity contribution is 5.92. The highest BCUT2D eigenvalue weighted by Gasteiger charge is 2.37. The molecule has 0 radical (unpaired) electrons. The third-order valence-electron chi connectivity index (χ3n) is 5.56. The summed E-state index contributed by atoms with van der Waals surface area (Å²) < 4.78 is 14.9. The van der Waals surface area contributed by atoms with Crippen LogP contribution in [0.25, 0.3) is 5.69 Å². The van der Waals surface area contributed by atoms with Gasteiger partial charge in [-0.1, -0.05) is 37.1 Å². The fraction of sp³-hybridized carbons (Fsp3) is 0.273. The van der Waals surface area contributed by atoms with Crippen LogP contribution in [0.4, 0.5) is 14.9 Å². The highest BCUT2D eigenvalue weighted by Crippen LogP contribution is 2.39. The average Bonchev–Trinajstić information content (AvgIpc) is 3.30. The molecule has 1 fully saturated rings. The Labute approximate surface area is 167 Å². The average molecular weight is 394 g/mol. The number of imidazole rings is 1. The van der Waals surface area contributed by atoms with Crippen LogP contribution in [0.3, 0.4) is 0 Å². The first-order valence-electron chi connectivity index (χ1n) is 9.70.